The van der Waals surface area contributed by atoms with Crippen LogP contribution in [0.4, 0.5) is 0 Å². The van der Waals surface area contributed by atoms with Crippen molar-refractivity contribution < 1.29 is 9.90 Å². The standard InChI is InChI=1S/C26H24N6O2/c1-2-3-8-24-27-22-15-19(25-28-30-31-29-25)13-14-23(22)32(24)16-17-9-11-18(12-10-17)20-6-4-5-7-21(20)26(33)34/h4-7,9-15H,2-3,8,16H2,1H3,(H,33,34)(H,28,29,30,31). The number of aromatic carboxylic acids is 1. The number of H-pyrrole nitrogens is 1. The summed E-state index contributed by atoms with van der Waals surface area (Å²) in [6.07, 6.45) is 3.05. The minimum atomic E-state index is -0.926. The van der Waals surface area contributed by atoms with Crippen molar-refractivity contribution in [2.24, 2.45) is 0 Å². The molecule has 0 saturated carbocycles. The number of nitrogens with zero attached hydrogens (tertiary/aromatic N) is 5. The van der Waals surface area contributed by atoms with Gasteiger partial charge in [-0.1, -0.05) is 55.8 Å². The molecule has 0 radical (unpaired) electrons. The summed E-state index contributed by atoms with van der Waals surface area (Å²) in [5, 5.41) is 23.8. The van der Waals surface area contributed by atoms with E-state index in [9.17, 15) is 9.90 Å². The Kier molecular flexibility index (Phi) is 5.86. The molecule has 0 fully saturated rings. The van der Waals surface area contributed by atoms with Gasteiger partial charge in [0.1, 0.15) is 5.82 Å². The molecule has 5 rings (SSSR count). The third-order valence-electron chi connectivity index (χ3n) is 5.95. The van der Waals surface area contributed by atoms with Gasteiger partial charge in [0.15, 0.2) is 0 Å². The summed E-state index contributed by atoms with van der Waals surface area (Å²) in [6.45, 7) is 2.85. The molecule has 34 heavy (non-hydrogen) atoms. The van der Waals surface area contributed by atoms with Gasteiger partial charge in [-0.05, 0) is 52.6 Å². The van der Waals surface area contributed by atoms with Crippen LogP contribution in [-0.2, 0) is 13.0 Å². The van der Waals surface area contributed by atoms with Crippen LogP contribution in [0, 0.1) is 0 Å². The van der Waals surface area contributed by atoms with Crippen LogP contribution in [0.5, 0.6) is 0 Å². The van der Waals surface area contributed by atoms with Crippen LogP contribution in [0.1, 0.15) is 41.5 Å². The molecular weight excluding hydrogens is 428 g/mol. The average molecular weight is 453 g/mol. The number of aryl methyl sites for hydroxylation is 1. The van der Waals surface area contributed by atoms with Crippen molar-refractivity contribution in [3.05, 3.63) is 83.7 Å². The summed E-state index contributed by atoms with van der Waals surface area (Å²) in [7, 11) is 0. The van der Waals surface area contributed by atoms with Gasteiger partial charge in [0.05, 0.1) is 16.6 Å². The Labute approximate surface area is 196 Å². The molecule has 2 aromatic heterocycles. The number of hydrogen-bond donors (Lipinski definition) is 2. The second-order valence-electron chi connectivity index (χ2n) is 8.20. The number of aromatic amines is 1. The highest BCUT2D eigenvalue weighted by Gasteiger charge is 2.14. The smallest absolute Gasteiger partial charge is 0.336 e. The molecule has 5 aromatic rings. The summed E-state index contributed by atoms with van der Waals surface area (Å²) >= 11 is 0. The number of carboxylic acid groups (broad SMARTS) is 1. The van der Waals surface area contributed by atoms with Crippen LogP contribution in [0.3, 0.4) is 0 Å². The lowest BCUT2D eigenvalue weighted by molar-refractivity contribution is 0.0697. The summed E-state index contributed by atoms with van der Waals surface area (Å²) in [6, 6.07) is 21.2. The van der Waals surface area contributed by atoms with E-state index < -0.39 is 5.97 Å². The van der Waals surface area contributed by atoms with E-state index in [4.69, 9.17) is 4.98 Å². The molecule has 0 aliphatic heterocycles. The van der Waals surface area contributed by atoms with Crippen molar-refractivity contribution in [1.29, 1.82) is 0 Å². The predicted octanol–water partition coefficient (Wildman–Crippen LogP) is 4.97. The van der Waals surface area contributed by atoms with Gasteiger partial charge in [0, 0.05) is 18.5 Å². The molecule has 0 atom stereocenters. The highest BCUT2D eigenvalue weighted by Crippen LogP contribution is 2.27. The molecule has 0 amide bonds. The second-order valence-corrected chi connectivity index (χ2v) is 8.20. The minimum Gasteiger partial charge on any atom is -0.478 e. The Morgan fingerprint density at radius 3 is 2.56 bits per heavy atom. The predicted molar refractivity (Wildman–Crippen MR) is 129 cm³/mol. The van der Waals surface area contributed by atoms with Gasteiger partial charge in [-0.25, -0.2) is 9.78 Å². The van der Waals surface area contributed by atoms with Gasteiger partial charge in [-0.15, -0.1) is 10.2 Å². The molecule has 0 spiro atoms. The highest BCUT2D eigenvalue weighted by molar-refractivity contribution is 5.96. The number of fused-ring (bicyclic) bond motifs is 1. The number of aromatic nitrogens is 6. The molecule has 3 aromatic carbocycles. The molecule has 0 aliphatic rings. The first kappa shape index (κ1) is 21.5. The third-order valence-corrected chi connectivity index (χ3v) is 5.95. The molecule has 8 nitrogen and oxygen atoms in total. The maximum atomic E-state index is 11.6. The van der Waals surface area contributed by atoms with Gasteiger partial charge >= 0.3 is 5.97 Å². The van der Waals surface area contributed by atoms with Crippen molar-refractivity contribution >= 4 is 17.0 Å². The number of benzene rings is 3. The van der Waals surface area contributed by atoms with E-state index in [1.54, 1.807) is 12.1 Å². The van der Waals surface area contributed by atoms with Gasteiger partial charge in [-0.3, -0.25) is 0 Å². The first-order valence-corrected chi connectivity index (χ1v) is 11.3. The zero-order valence-electron chi connectivity index (χ0n) is 18.8. The molecule has 2 N–H and O–H groups in total. The lowest BCUT2D eigenvalue weighted by Crippen LogP contribution is -2.05. The van der Waals surface area contributed by atoms with Crippen molar-refractivity contribution in [1.82, 2.24) is 30.2 Å². The first-order valence-electron chi connectivity index (χ1n) is 11.3. The van der Waals surface area contributed by atoms with Crippen molar-refractivity contribution in [3.63, 3.8) is 0 Å². The molecule has 170 valence electrons. The van der Waals surface area contributed by atoms with E-state index >= 15 is 0 Å². The number of tetrazole rings is 1. The fraction of sp³-hybridized carbons (Fsp3) is 0.192. The fourth-order valence-electron chi connectivity index (χ4n) is 4.20. The number of imidazole rings is 1. The second kappa shape index (κ2) is 9.27. The summed E-state index contributed by atoms with van der Waals surface area (Å²) in [5.74, 6) is 0.663. The van der Waals surface area contributed by atoms with Gasteiger partial charge < -0.3 is 9.67 Å². The molecule has 0 aliphatic carbocycles. The van der Waals surface area contributed by atoms with E-state index in [-0.39, 0.29) is 0 Å². The van der Waals surface area contributed by atoms with E-state index in [1.165, 1.54) is 0 Å². The first-order chi connectivity index (χ1) is 16.6. The van der Waals surface area contributed by atoms with Gasteiger partial charge in [-0.2, -0.15) is 5.21 Å². The molecule has 8 heteroatoms. The van der Waals surface area contributed by atoms with E-state index in [0.717, 1.165) is 52.8 Å². The van der Waals surface area contributed by atoms with Crippen LogP contribution < -0.4 is 0 Å². The lowest BCUT2D eigenvalue weighted by Gasteiger charge is -2.11. The molecular formula is C26H24N6O2. The largest absolute Gasteiger partial charge is 0.478 e. The maximum Gasteiger partial charge on any atom is 0.336 e. The van der Waals surface area contributed by atoms with Gasteiger partial charge in [0.25, 0.3) is 0 Å². The van der Waals surface area contributed by atoms with Crippen LogP contribution >= 0.6 is 0 Å². The SMILES string of the molecule is CCCCc1nc2cc(-c3nn[nH]n3)ccc2n1Cc1ccc(-c2ccccc2C(=O)O)cc1. The van der Waals surface area contributed by atoms with Crippen LogP contribution in [-0.4, -0.2) is 41.3 Å². The van der Waals surface area contributed by atoms with Crippen molar-refractivity contribution in [2.45, 2.75) is 32.7 Å². The number of unbranched alkanes of at least 4 members (excludes halogenated alkanes) is 1. The highest BCUT2D eigenvalue weighted by atomic mass is 16.4. The molecule has 2 heterocycles. The normalized spacial score (nSPS) is 11.2. The number of hydrogen-bond acceptors (Lipinski definition) is 5. The topological polar surface area (TPSA) is 110 Å². The Hall–Kier alpha value is -4.33. The van der Waals surface area contributed by atoms with E-state index in [0.29, 0.717) is 23.5 Å². The molecule has 0 bridgehead atoms. The zero-order valence-corrected chi connectivity index (χ0v) is 18.8. The summed E-state index contributed by atoms with van der Waals surface area (Å²) < 4.78 is 2.26. The van der Waals surface area contributed by atoms with Crippen molar-refractivity contribution in [3.8, 4) is 22.5 Å². The number of nitrogens with one attached hydrogen (secondary N) is 1. The third kappa shape index (κ3) is 4.17. The number of rotatable bonds is 8. The quantitative estimate of drug-likeness (QED) is 0.344. The maximum absolute atomic E-state index is 11.6. The van der Waals surface area contributed by atoms with Crippen molar-refractivity contribution in [2.75, 3.05) is 0 Å². The lowest BCUT2D eigenvalue weighted by atomic mass is 9.99. The Bertz CT molecular complexity index is 1440. The van der Waals surface area contributed by atoms with E-state index in [1.807, 2.05) is 36.4 Å². The Morgan fingerprint density at radius 2 is 1.82 bits per heavy atom. The Balaban J connectivity index is 1.48. The van der Waals surface area contributed by atoms with E-state index in [2.05, 4.69) is 50.3 Å². The van der Waals surface area contributed by atoms with Crippen LogP contribution in [0.15, 0.2) is 66.7 Å². The monoisotopic (exact) mass is 452 g/mol. The fourth-order valence-corrected chi connectivity index (χ4v) is 4.20. The summed E-state index contributed by atoms with van der Waals surface area (Å²) in [5.41, 5.74) is 5.85. The van der Waals surface area contributed by atoms with Crippen LogP contribution in [0.2, 0.25) is 0 Å². The molecule has 0 saturated heterocycles. The Morgan fingerprint density at radius 1 is 1.03 bits per heavy atom. The minimum absolute atomic E-state index is 0.301. The average Bonchev–Trinajstić information content (AvgIpc) is 3.51. The number of carboxylic acids is 1. The van der Waals surface area contributed by atoms with Crippen LogP contribution in [0.25, 0.3) is 33.5 Å². The molecule has 0 unspecified atom stereocenters. The number of carbonyl (C=O) groups is 1. The summed E-state index contributed by atoms with van der Waals surface area (Å²) in [4.78, 5) is 16.5. The van der Waals surface area contributed by atoms with Gasteiger partial charge in [0.2, 0.25) is 5.82 Å². The zero-order chi connectivity index (χ0) is 23.5.